The van der Waals surface area contributed by atoms with Crippen LogP contribution in [0.5, 0.6) is 0 Å². The number of carbonyl (C=O) groups excluding carboxylic acids is 1. The molecule has 0 aromatic carbocycles. The Kier molecular flexibility index (Phi) is 3.74. The van der Waals surface area contributed by atoms with Crippen molar-refractivity contribution >= 4 is 18.4 Å². The molecule has 1 aliphatic rings. The van der Waals surface area contributed by atoms with Crippen molar-refractivity contribution in [2.24, 2.45) is 0 Å². The van der Waals surface area contributed by atoms with Gasteiger partial charge in [-0.25, -0.2) is 0 Å². The lowest BCUT2D eigenvalue weighted by Gasteiger charge is -2.15. The van der Waals surface area contributed by atoms with Crippen LogP contribution < -0.4 is 0 Å². The molecule has 11 heavy (non-hydrogen) atoms. The van der Waals surface area contributed by atoms with Gasteiger partial charge in [0.1, 0.15) is 6.67 Å². The van der Waals surface area contributed by atoms with Crippen LogP contribution in [0.1, 0.15) is 6.92 Å². The van der Waals surface area contributed by atoms with Crippen molar-refractivity contribution in [2.75, 3.05) is 13.7 Å². The summed E-state index contributed by atoms with van der Waals surface area (Å²) >= 11 is 0. The van der Waals surface area contributed by atoms with E-state index in [4.69, 9.17) is 4.84 Å². The van der Waals surface area contributed by atoms with E-state index in [2.05, 4.69) is 0 Å². The summed E-state index contributed by atoms with van der Waals surface area (Å²) in [4.78, 5) is 17.0. The van der Waals surface area contributed by atoms with Crippen molar-refractivity contribution in [3.05, 3.63) is 12.4 Å². The summed E-state index contributed by atoms with van der Waals surface area (Å²) in [6, 6.07) is 0. The van der Waals surface area contributed by atoms with Gasteiger partial charge in [-0.2, -0.15) is 5.06 Å². The number of carbonyl (C=O) groups is 1. The Morgan fingerprint density at radius 1 is 1.55 bits per heavy atom. The number of rotatable bonds is 1. The standard InChI is InChI=1S/C6H10N2O2.ClH/c1-6(9)10-8-4-3-7(2)5-8;/h3-4H,5H2,1-2H3;1H. The highest BCUT2D eigenvalue weighted by Crippen LogP contribution is 2.03. The molecule has 0 atom stereocenters. The lowest BCUT2D eigenvalue weighted by molar-refractivity contribution is -0.176. The quantitative estimate of drug-likeness (QED) is 0.588. The highest BCUT2D eigenvalue weighted by atomic mass is 35.5. The number of hydroxylamine groups is 2. The maximum Gasteiger partial charge on any atom is 0.329 e. The van der Waals surface area contributed by atoms with Crippen LogP contribution in [0.4, 0.5) is 0 Å². The molecule has 0 aliphatic carbocycles. The maximum atomic E-state index is 10.4. The first-order valence-corrected chi connectivity index (χ1v) is 3.02. The van der Waals surface area contributed by atoms with Gasteiger partial charge in [0, 0.05) is 20.2 Å². The molecule has 1 rings (SSSR count). The molecule has 1 heterocycles. The van der Waals surface area contributed by atoms with Crippen LogP contribution in [0.25, 0.3) is 0 Å². The molecule has 0 radical (unpaired) electrons. The largest absolute Gasteiger partial charge is 0.359 e. The van der Waals surface area contributed by atoms with Crippen molar-refractivity contribution in [1.82, 2.24) is 9.96 Å². The number of nitrogens with zero attached hydrogens (tertiary/aromatic N) is 2. The third-order valence-corrected chi connectivity index (χ3v) is 1.10. The second-order valence-corrected chi connectivity index (χ2v) is 2.20. The van der Waals surface area contributed by atoms with Gasteiger partial charge in [0.15, 0.2) is 0 Å². The normalized spacial score (nSPS) is 14.7. The van der Waals surface area contributed by atoms with Gasteiger partial charge in [0.05, 0.1) is 6.20 Å². The van der Waals surface area contributed by atoms with Gasteiger partial charge >= 0.3 is 5.97 Å². The molecular weight excluding hydrogens is 168 g/mol. The van der Waals surface area contributed by atoms with Gasteiger partial charge in [-0.1, -0.05) is 0 Å². The van der Waals surface area contributed by atoms with Crippen LogP contribution in [-0.4, -0.2) is 29.6 Å². The van der Waals surface area contributed by atoms with E-state index in [0.717, 1.165) is 0 Å². The Hall–Kier alpha value is -0.900. The molecule has 5 heteroatoms. The van der Waals surface area contributed by atoms with Gasteiger partial charge in [0.2, 0.25) is 0 Å². The summed E-state index contributed by atoms with van der Waals surface area (Å²) in [5.41, 5.74) is 0. The van der Waals surface area contributed by atoms with E-state index in [1.165, 1.54) is 12.0 Å². The lowest BCUT2D eigenvalue weighted by Crippen LogP contribution is -2.24. The van der Waals surface area contributed by atoms with E-state index in [9.17, 15) is 4.79 Å². The average molecular weight is 179 g/mol. The highest BCUT2D eigenvalue weighted by molar-refractivity contribution is 5.85. The molecule has 0 saturated carbocycles. The fourth-order valence-corrected chi connectivity index (χ4v) is 0.727. The molecule has 0 aromatic rings. The summed E-state index contributed by atoms with van der Waals surface area (Å²) in [5.74, 6) is -0.292. The van der Waals surface area contributed by atoms with E-state index in [1.807, 2.05) is 18.1 Å². The zero-order valence-corrected chi connectivity index (χ0v) is 7.30. The van der Waals surface area contributed by atoms with Crippen LogP contribution >= 0.6 is 12.4 Å². The Morgan fingerprint density at radius 2 is 2.18 bits per heavy atom. The average Bonchev–Trinajstić information content (AvgIpc) is 2.13. The van der Waals surface area contributed by atoms with Crippen LogP contribution in [0.2, 0.25) is 0 Å². The predicted molar refractivity (Wildman–Crippen MR) is 42.6 cm³/mol. The van der Waals surface area contributed by atoms with Gasteiger partial charge < -0.3 is 9.74 Å². The molecule has 0 saturated heterocycles. The highest BCUT2D eigenvalue weighted by Gasteiger charge is 2.09. The second-order valence-electron chi connectivity index (χ2n) is 2.20. The summed E-state index contributed by atoms with van der Waals surface area (Å²) in [5, 5.41) is 1.47. The smallest absolute Gasteiger partial charge is 0.329 e. The zero-order valence-electron chi connectivity index (χ0n) is 6.48. The van der Waals surface area contributed by atoms with Crippen LogP contribution in [0, 0.1) is 0 Å². The minimum Gasteiger partial charge on any atom is -0.359 e. The predicted octanol–water partition coefficient (Wildman–Crippen LogP) is 0.562. The Bertz CT molecular complexity index is 172. The van der Waals surface area contributed by atoms with Crippen molar-refractivity contribution in [2.45, 2.75) is 6.92 Å². The van der Waals surface area contributed by atoms with E-state index in [-0.39, 0.29) is 18.4 Å². The Balaban J connectivity index is 0.000001000. The molecule has 0 bridgehead atoms. The first-order valence-electron chi connectivity index (χ1n) is 3.02. The van der Waals surface area contributed by atoms with Crippen LogP contribution in [0.3, 0.4) is 0 Å². The van der Waals surface area contributed by atoms with Crippen LogP contribution in [0.15, 0.2) is 12.4 Å². The number of hydrogen-bond donors (Lipinski definition) is 0. The number of halogens is 1. The minimum absolute atomic E-state index is 0. The summed E-state index contributed by atoms with van der Waals surface area (Å²) in [7, 11) is 1.90. The lowest BCUT2D eigenvalue weighted by atomic mass is 10.8. The van der Waals surface area contributed by atoms with Gasteiger partial charge in [-0.05, 0) is 0 Å². The molecule has 0 unspecified atom stereocenters. The summed E-state index contributed by atoms with van der Waals surface area (Å²) in [6.07, 6.45) is 3.55. The van der Waals surface area contributed by atoms with Gasteiger partial charge in [-0.3, -0.25) is 4.79 Å². The van der Waals surface area contributed by atoms with Crippen molar-refractivity contribution in [3.8, 4) is 0 Å². The fourth-order valence-electron chi connectivity index (χ4n) is 0.727. The van der Waals surface area contributed by atoms with Gasteiger partial charge in [0.25, 0.3) is 0 Å². The Morgan fingerprint density at radius 3 is 2.55 bits per heavy atom. The van der Waals surface area contributed by atoms with Crippen molar-refractivity contribution < 1.29 is 9.63 Å². The minimum atomic E-state index is -0.292. The molecule has 0 spiro atoms. The van der Waals surface area contributed by atoms with E-state index < -0.39 is 0 Å². The van der Waals surface area contributed by atoms with Crippen LogP contribution in [-0.2, 0) is 9.63 Å². The molecular formula is C6H11ClN2O2. The SMILES string of the molecule is CC(=O)ON1C=CN(C)C1.Cl. The van der Waals surface area contributed by atoms with Crippen molar-refractivity contribution in [1.29, 1.82) is 0 Å². The molecule has 64 valence electrons. The van der Waals surface area contributed by atoms with E-state index >= 15 is 0 Å². The fraction of sp³-hybridized carbons (Fsp3) is 0.500. The first-order chi connectivity index (χ1) is 4.68. The summed E-state index contributed by atoms with van der Waals surface area (Å²) < 4.78 is 0. The third-order valence-electron chi connectivity index (χ3n) is 1.10. The molecule has 0 N–H and O–H groups in total. The summed E-state index contributed by atoms with van der Waals surface area (Å²) in [6.45, 7) is 1.99. The topological polar surface area (TPSA) is 32.8 Å². The molecule has 0 fully saturated rings. The molecule has 4 nitrogen and oxygen atoms in total. The second kappa shape index (κ2) is 4.08. The van der Waals surface area contributed by atoms with Gasteiger partial charge in [-0.15, -0.1) is 12.4 Å². The van der Waals surface area contributed by atoms with E-state index in [0.29, 0.717) is 6.67 Å². The molecule has 0 aromatic heterocycles. The monoisotopic (exact) mass is 178 g/mol. The number of hydrogen-bond acceptors (Lipinski definition) is 4. The maximum absolute atomic E-state index is 10.4. The van der Waals surface area contributed by atoms with E-state index in [1.54, 1.807) is 6.20 Å². The molecule has 1 aliphatic heterocycles. The Labute approximate surface area is 71.8 Å². The molecule has 0 amide bonds. The van der Waals surface area contributed by atoms with Crippen molar-refractivity contribution in [3.63, 3.8) is 0 Å². The first kappa shape index (κ1) is 10.1. The third kappa shape index (κ3) is 3.13. The zero-order chi connectivity index (χ0) is 7.56.